The normalized spacial score (nSPS) is 12.3. The van der Waals surface area contributed by atoms with Gasteiger partial charge < -0.3 is 9.47 Å². The molecule has 0 spiro atoms. The van der Waals surface area contributed by atoms with E-state index < -0.39 is 9.84 Å². The Morgan fingerprint density at radius 2 is 1.83 bits per heavy atom. The van der Waals surface area contributed by atoms with Crippen molar-refractivity contribution in [2.45, 2.75) is 0 Å². The first-order valence-electron chi connectivity index (χ1n) is 5.10. The summed E-state index contributed by atoms with van der Waals surface area (Å²) in [6, 6.07) is 5.26. The highest BCUT2D eigenvalue weighted by atomic mass is 32.3. The maximum absolute atomic E-state index is 11.5. The van der Waals surface area contributed by atoms with E-state index >= 15 is 0 Å². The van der Waals surface area contributed by atoms with Crippen molar-refractivity contribution in [3.8, 4) is 11.5 Å². The first kappa shape index (κ1) is 14.9. The lowest BCUT2D eigenvalue weighted by molar-refractivity contribution is 0.355. The van der Waals surface area contributed by atoms with Gasteiger partial charge >= 0.3 is 0 Å². The predicted molar refractivity (Wildman–Crippen MR) is 75.9 cm³/mol. The summed E-state index contributed by atoms with van der Waals surface area (Å²) in [6.07, 6.45) is 4.53. The fraction of sp³-hybridized carbons (Fsp3) is 0.333. The molecule has 1 aromatic carbocycles. The summed E-state index contributed by atoms with van der Waals surface area (Å²) in [6.45, 7) is 0. The van der Waals surface area contributed by atoms with Crippen LogP contribution in [-0.4, -0.2) is 35.1 Å². The van der Waals surface area contributed by atoms with E-state index in [0.717, 1.165) is 5.56 Å². The maximum Gasteiger partial charge on any atom is 0.181 e. The first-order valence-corrected chi connectivity index (χ1v) is 8.21. The number of benzene rings is 1. The number of thioether (sulfide) groups is 1. The minimum absolute atomic E-state index is 0.315. The van der Waals surface area contributed by atoms with Gasteiger partial charge in [0.15, 0.2) is 21.3 Å². The zero-order valence-corrected chi connectivity index (χ0v) is 12.4. The zero-order chi connectivity index (χ0) is 13.8. The Labute approximate surface area is 112 Å². The summed E-state index contributed by atoms with van der Waals surface area (Å²) in [5.74, 6) is 1.18. The van der Waals surface area contributed by atoms with E-state index in [-0.39, 0.29) is 0 Å². The maximum atomic E-state index is 11.5. The molecule has 0 atom stereocenters. The Morgan fingerprint density at radius 1 is 1.22 bits per heavy atom. The van der Waals surface area contributed by atoms with Gasteiger partial charge in [0.2, 0.25) is 0 Å². The van der Waals surface area contributed by atoms with Crippen molar-refractivity contribution in [2.75, 3.05) is 26.7 Å². The van der Waals surface area contributed by atoms with Gasteiger partial charge in [-0.25, -0.2) is 8.42 Å². The van der Waals surface area contributed by atoms with Gasteiger partial charge in [-0.1, -0.05) is 6.07 Å². The lowest BCUT2D eigenvalue weighted by Crippen LogP contribution is -1.97. The van der Waals surface area contributed by atoms with Crippen molar-refractivity contribution in [1.82, 2.24) is 0 Å². The summed E-state index contributed by atoms with van der Waals surface area (Å²) in [4.78, 5) is 0. The number of hydrogen-bond acceptors (Lipinski definition) is 5. The lowest BCUT2D eigenvalue weighted by atomic mass is 10.2. The van der Waals surface area contributed by atoms with Crippen LogP contribution in [0.3, 0.4) is 0 Å². The van der Waals surface area contributed by atoms with E-state index in [0.29, 0.717) is 15.7 Å². The van der Waals surface area contributed by atoms with Gasteiger partial charge in [0.1, 0.15) is 0 Å². The lowest BCUT2D eigenvalue weighted by Gasteiger charge is -2.08. The smallest absolute Gasteiger partial charge is 0.181 e. The number of ether oxygens (including phenoxy) is 2. The van der Waals surface area contributed by atoms with Crippen LogP contribution in [0.4, 0.5) is 0 Å². The molecule has 100 valence electrons. The fourth-order valence-electron chi connectivity index (χ4n) is 1.40. The largest absolute Gasteiger partial charge is 0.493 e. The molecule has 0 bridgehead atoms. The van der Waals surface area contributed by atoms with Crippen LogP contribution >= 0.6 is 11.8 Å². The van der Waals surface area contributed by atoms with Gasteiger partial charge in [-0.2, -0.15) is 0 Å². The third kappa shape index (κ3) is 3.68. The van der Waals surface area contributed by atoms with Gasteiger partial charge in [-0.05, 0) is 30.0 Å². The second kappa shape index (κ2) is 6.15. The highest BCUT2D eigenvalue weighted by Gasteiger charge is 2.11. The molecular weight excluding hydrogens is 272 g/mol. The highest BCUT2D eigenvalue weighted by molar-refractivity contribution is 8.18. The van der Waals surface area contributed by atoms with Crippen LogP contribution in [0.5, 0.6) is 11.5 Å². The van der Waals surface area contributed by atoms with Crippen LogP contribution < -0.4 is 9.47 Å². The van der Waals surface area contributed by atoms with E-state index in [9.17, 15) is 8.42 Å². The Kier molecular flexibility index (Phi) is 5.10. The molecular formula is C12H16O4S2. The van der Waals surface area contributed by atoms with Crippen LogP contribution in [0.2, 0.25) is 0 Å². The molecule has 1 rings (SSSR count). The second-order valence-electron chi connectivity index (χ2n) is 3.55. The average molecular weight is 288 g/mol. The zero-order valence-electron chi connectivity index (χ0n) is 10.8. The fourth-order valence-corrected chi connectivity index (χ4v) is 3.21. The highest BCUT2D eigenvalue weighted by Crippen LogP contribution is 2.30. The molecule has 0 amide bonds. The summed E-state index contributed by atoms with van der Waals surface area (Å²) in [5, 5.41) is 0. The molecule has 6 heteroatoms. The van der Waals surface area contributed by atoms with Crippen LogP contribution in [0, 0.1) is 0 Å². The Hall–Kier alpha value is -1.14. The van der Waals surface area contributed by atoms with Crippen LogP contribution in [0.1, 0.15) is 5.56 Å². The molecule has 0 aliphatic carbocycles. The minimum Gasteiger partial charge on any atom is -0.493 e. The predicted octanol–water partition coefficient (Wildman–Crippen LogP) is 2.41. The van der Waals surface area contributed by atoms with Crippen molar-refractivity contribution in [1.29, 1.82) is 0 Å². The summed E-state index contributed by atoms with van der Waals surface area (Å²) in [7, 11) is -0.105. The number of rotatable bonds is 5. The third-order valence-corrected chi connectivity index (χ3v) is 5.04. The molecule has 0 radical (unpaired) electrons. The molecule has 1 aromatic rings. The number of hydrogen-bond donors (Lipinski definition) is 0. The van der Waals surface area contributed by atoms with E-state index in [1.165, 1.54) is 25.1 Å². The van der Waals surface area contributed by atoms with E-state index in [1.54, 1.807) is 37.6 Å². The van der Waals surface area contributed by atoms with Crippen LogP contribution in [0.25, 0.3) is 6.08 Å². The Balaban J connectivity index is 3.23. The minimum atomic E-state index is -3.20. The molecule has 4 nitrogen and oxygen atoms in total. The van der Waals surface area contributed by atoms with E-state index in [4.69, 9.17) is 9.47 Å². The van der Waals surface area contributed by atoms with Crippen molar-refractivity contribution >= 4 is 27.7 Å². The SMILES string of the molecule is COc1ccc(/C=C(\SC)S(C)(=O)=O)cc1OC. The van der Waals surface area contributed by atoms with Crippen LogP contribution in [-0.2, 0) is 9.84 Å². The molecule has 0 aromatic heterocycles. The average Bonchev–Trinajstić information content (AvgIpc) is 2.34. The van der Waals surface area contributed by atoms with Gasteiger partial charge in [-0.3, -0.25) is 0 Å². The molecule has 0 saturated heterocycles. The molecule has 18 heavy (non-hydrogen) atoms. The summed E-state index contributed by atoms with van der Waals surface area (Å²) >= 11 is 1.20. The topological polar surface area (TPSA) is 52.6 Å². The third-order valence-electron chi connectivity index (χ3n) is 2.26. The van der Waals surface area contributed by atoms with Crippen molar-refractivity contribution in [3.05, 3.63) is 28.0 Å². The standard InChI is InChI=1S/C12H16O4S2/c1-15-10-6-5-9(7-11(10)16-2)8-12(17-3)18(4,13)14/h5-8H,1-4H3/b12-8+. The van der Waals surface area contributed by atoms with Gasteiger partial charge in [-0.15, -0.1) is 11.8 Å². The second-order valence-corrected chi connectivity index (χ2v) is 6.64. The summed E-state index contributed by atoms with van der Waals surface area (Å²) < 4.78 is 33.6. The van der Waals surface area contributed by atoms with Crippen molar-refractivity contribution in [3.63, 3.8) is 0 Å². The Morgan fingerprint density at radius 3 is 2.28 bits per heavy atom. The monoisotopic (exact) mass is 288 g/mol. The number of methoxy groups -OCH3 is 2. The Bertz CT molecular complexity index is 547. The molecule has 0 N–H and O–H groups in total. The molecule has 0 aliphatic rings. The van der Waals surface area contributed by atoms with Crippen molar-refractivity contribution in [2.24, 2.45) is 0 Å². The quantitative estimate of drug-likeness (QED) is 0.833. The first-order chi connectivity index (χ1) is 8.42. The van der Waals surface area contributed by atoms with E-state index in [2.05, 4.69) is 0 Å². The van der Waals surface area contributed by atoms with E-state index in [1.807, 2.05) is 0 Å². The molecule has 0 saturated carbocycles. The van der Waals surface area contributed by atoms with Crippen LogP contribution in [0.15, 0.2) is 22.4 Å². The summed E-state index contributed by atoms with van der Waals surface area (Å²) in [5.41, 5.74) is 0.752. The van der Waals surface area contributed by atoms with Crippen molar-refractivity contribution < 1.29 is 17.9 Å². The van der Waals surface area contributed by atoms with Gasteiger partial charge in [0, 0.05) is 6.26 Å². The molecule has 0 heterocycles. The van der Waals surface area contributed by atoms with Gasteiger partial charge in [0.25, 0.3) is 0 Å². The molecule has 0 unspecified atom stereocenters. The molecule has 0 fully saturated rings. The van der Waals surface area contributed by atoms with Gasteiger partial charge in [0.05, 0.1) is 18.5 Å². The number of sulfone groups is 1. The molecule has 0 aliphatic heterocycles.